The number of hydrogen-bond acceptors (Lipinski definition) is 12. The maximum atomic E-state index is 13.7. The molecule has 14 nitrogen and oxygen atoms in total. The predicted octanol–water partition coefficient (Wildman–Crippen LogP) is 3.00. The van der Waals surface area contributed by atoms with Gasteiger partial charge in [-0.1, -0.05) is 12.1 Å². The molecule has 1 aliphatic heterocycles. The molecule has 0 aliphatic carbocycles. The van der Waals surface area contributed by atoms with Crippen molar-refractivity contribution in [3.63, 3.8) is 0 Å². The third kappa shape index (κ3) is 8.94. The number of aliphatic imine (C=N–C) groups is 1. The first-order chi connectivity index (χ1) is 21.9. The molecule has 3 atom stereocenters. The third-order valence-corrected chi connectivity index (χ3v) is 7.66. The molecular weight excluding hydrogens is 628 g/mol. The van der Waals surface area contributed by atoms with Crippen molar-refractivity contribution in [3.05, 3.63) is 80.4 Å². The fourth-order valence-electron chi connectivity index (χ4n) is 4.93. The summed E-state index contributed by atoms with van der Waals surface area (Å²) < 4.78 is 12.9. The van der Waals surface area contributed by atoms with Gasteiger partial charge in [-0.2, -0.15) is 12.6 Å². The SMILES string of the molecule is CC(C)(C)OC(=O)[C@H](Cc1ccc(-n2c3c(n(CC(=O)Oc4ccc([N+](=O)[O-])cc4)c2=O)CCC=N3)cc1)N[C@@H](O)C(N)C(C)(C)S. The summed E-state index contributed by atoms with van der Waals surface area (Å²) in [5, 5.41) is 24.6. The van der Waals surface area contributed by atoms with Crippen LogP contribution in [-0.2, 0) is 33.7 Å². The van der Waals surface area contributed by atoms with Gasteiger partial charge in [-0.3, -0.25) is 24.8 Å². The Morgan fingerprint density at radius 2 is 1.77 bits per heavy atom. The van der Waals surface area contributed by atoms with Crippen molar-refractivity contribution in [1.29, 1.82) is 0 Å². The molecule has 47 heavy (non-hydrogen) atoms. The van der Waals surface area contributed by atoms with Gasteiger partial charge in [-0.05, 0) is 83.7 Å². The number of aliphatic hydroxyl groups is 1. The minimum absolute atomic E-state index is 0.110. The molecule has 0 amide bonds. The van der Waals surface area contributed by atoms with Crippen LogP contribution in [0.2, 0.25) is 0 Å². The molecule has 1 aromatic heterocycles. The van der Waals surface area contributed by atoms with Crippen molar-refractivity contribution in [3.8, 4) is 11.4 Å². The monoisotopic (exact) mass is 668 g/mol. The maximum Gasteiger partial charge on any atom is 0.335 e. The summed E-state index contributed by atoms with van der Waals surface area (Å²) in [7, 11) is 0. The number of nitrogens with one attached hydrogen (secondary N) is 1. The van der Waals surface area contributed by atoms with Crippen LogP contribution in [0.1, 0.15) is 52.3 Å². The molecule has 0 radical (unpaired) electrons. The van der Waals surface area contributed by atoms with E-state index in [2.05, 4.69) is 22.9 Å². The number of aliphatic hydroxyl groups excluding tert-OH is 1. The van der Waals surface area contributed by atoms with E-state index < -0.39 is 57.8 Å². The van der Waals surface area contributed by atoms with E-state index in [-0.39, 0.29) is 17.9 Å². The summed E-state index contributed by atoms with van der Waals surface area (Å²) in [6.07, 6.45) is 1.64. The molecule has 252 valence electrons. The number of nitro benzene ring substituents is 1. The highest BCUT2D eigenvalue weighted by Gasteiger charge is 2.34. The molecule has 0 saturated heterocycles. The molecule has 0 saturated carbocycles. The summed E-state index contributed by atoms with van der Waals surface area (Å²) in [5.74, 6) is -0.799. The lowest BCUT2D eigenvalue weighted by Crippen LogP contribution is -2.58. The number of rotatable bonds is 12. The van der Waals surface area contributed by atoms with Crippen molar-refractivity contribution in [2.24, 2.45) is 10.7 Å². The first-order valence-corrected chi connectivity index (χ1v) is 15.5. The van der Waals surface area contributed by atoms with E-state index in [1.807, 2.05) is 0 Å². The van der Waals surface area contributed by atoms with Crippen molar-refractivity contribution in [2.75, 3.05) is 0 Å². The van der Waals surface area contributed by atoms with Crippen LogP contribution in [0.5, 0.6) is 5.75 Å². The van der Waals surface area contributed by atoms with Gasteiger partial charge in [0.2, 0.25) is 0 Å². The fraction of sp³-hybridized carbons (Fsp3) is 0.438. The normalized spacial score (nSPS) is 15.0. The smallest absolute Gasteiger partial charge is 0.335 e. The minimum atomic E-state index is -1.26. The van der Waals surface area contributed by atoms with E-state index in [9.17, 15) is 29.6 Å². The molecular formula is C32H40N6O8S. The summed E-state index contributed by atoms with van der Waals surface area (Å²) in [5.41, 5.74) is 6.51. The molecule has 0 fully saturated rings. The largest absolute Gasteiger partial charge is 0.459 e. The van der Waals surface area contributed by atoms with Crippen LogP contribution in [-0.4, -0.2) is 66.0 Å². The Morgan fingerprint density at radius 3 is 2.34 bits per heavy atom. The molecule has 3 aromatic rings. The standard InChI is InChI=1S/C32H40N6O8S/c1-31(2,3)46-29(41)23(35-28(40)26(33)32(4,5)47)17-19-8-10-20(11-9-19)37-27-24(7-6-16-34-27)36(30(37)42)18-25(39)45-22-14-12-21(13-15-22)38(43)44/h8-16,23,26,28,35,40,47H,6-7,17-18,33H2,1-5H3/t23-,26?,28-/m0/s1. The second-order valence-corrected chi connectivity index (χ2v) is 14.0. The zero-order valence-corrected chi connectivity index (χ0v) is 27.8. The lowest BCUT2D eigenvalue weighted by Gasteiger charge is -2.33. The average Bonchev–Trinajstić information content (AvgIpc) is 3.26. The number of thiol groups is 1. The number of nitro groups is 1. The van der Waals surface area contributed by atoms with Crippen LogP contribution in [0.3, 0.4) is 0 Å². The first kappa shape index (κ1) is 35.5. The van der Waals surface area contributed by atoms with E-state index in [1.54, 1.807) is 65.1 Å². The molecule has 0 spiro atoms. The van der Waals surface area contributed by atoms with Crippen LogP contribution >= 0.6 is 12.6 Å². The molecule has 0 bridgehead atoms. The minimum Gasteiger partial charge on any atom is -0.459 e. The van der Waals surface area contributed by atoms with Gasteiger partial charge >= 0.3 is 17.6 Å². The Morgan fingerprint density at radius 1 is 1.13 bits per heavy atom. The molecule has 4 rings (SSSR count). The van der Waals surface area contributed by atoms with Crippen LogP contribution in [0.25, 0.3) is 5.69 Å². The van der Waals surface area contributed by atoms with Gasteiger partial charge in [-0.15, -0.1) is 0 Å². The van der Waals surface area contributed by atoms with Gasteiger partial charge < -0.3 is 20.3 Å². The maximum absolute atomic E-state index is 13.7. The lowest BCUT2D eigenvalue weighted by molar-refractivity contribution is -0.384. The van der Waals surface area contributed by atoms with E-state index in [4.69, 9.17) is 15.2 Å². The van der Waals surface area contributed by atoms with Gasteiger partial charge in [-0.25, -0.2) is 19.1 Å². The van der Waals surface area contributed by atoms with Gasteiger partial charge in [0, 0.05) is 23.1 Å². The van der Waals surface area contributed by atoms with E-state index in [1.165, 1.54) is 33.4 Å². The van der Waals surface area contributed by atoms with Crippen LogP contribution in [0.15, 0.2) is 58.3 Å². The molecule has 2 heterocycles. The van der Waals surface area contributed by atoms with Crippen LogP contribution in [0.4, 0.5) is 11.5 Å². The third-order valence-electron chi connectivity index (χ3n) is 7.36. The van der Waals surface area contributed by atoms with Gasteiger partial charge in [0.25, 0.3) is 5.69 Å². The van der Waals surface area contributed by atoms with E-state index in [0.717, 1.165) is 0 Å². The second kappa shape index (κ2) is 14.2. The number of carbonyl (C=O) groups excluding carboxylic acids is 2. The number of esters is 2. The molecule has 1 unspecified atom stereocenters. The molecule has 15 heteroatoms. The molecule has 4 N–H and O–H groups in total. The van der Waals surface area contributed by atoms with Crippen molar-refractivity contribution in [2.45, 2.75) is 89.1 Å². The Kier molecular flexibility index (Phi) is 10.7. The number of nitrogens with zero attached hydrogens (tertiary/aromatic N) is 4. The topological polar surface area (TPSA) is 193 Å². The second-order valence-electron chi connectivity index (χ2n) is 12.8. The number of benzene rings is 2. The number of hydrogen-bond donors (Lipinski definition) is 4. The quantitative estimate of drug-likeness (QED) is 0.0557. The summed E-state index contributed by atoms with van der Waals surface area (Å²) in [6.45, 7) is 8.36. The average molecular weight is 669 g/mol. The number of imidazole rings is 1. The van der Waals surface area contributed by atoms with Gasteiger partial charge in [0.15, 0.2) is 5.82 Å². The van der Waals surface area contributed by atoms with Crippen LogP contribution in [0, 0.1) is 10.1 Å². The number of carbonyl (C=O) groups is 2. The number of non-ortho nitro benzene ring substituents is 1. The predicted molar refractivity (Wildman–Crippen MR) is 179 cm³/mol. The number of nitrogens with two attached hydrogens (primary N) is 1. The number of aromatic nitrogens is 2. The lowest BCUT2D eigenvalue weighted by atomic mass is 10.00. The Labute approximate surface area is 277 Å². The number of fused-ring (bicyclic) bond motifs is 1. The van der Waals surface area contributed by atoms with E-state index in [0.29, 0.717) is 35.6 Å². The summed E-state index contributed by atoms with van der Waals surface area (Å²) in [6, 6.07) is 10.2. The highest BCUT2D eigenvalue weighted by atomic mass is 32.1. The highest BCUT2D eigenvalue weighted by molar-refractivity contribution is 7.81. The first-order valence-electron chi connectivity index (χ1n) is 15.0. The Hall–Kier alpha value is -4.31. The fourth-order valence-corrected chi connectivity index (χ4v) is 5.07. The zero-order valence-electron chi connectivity index (χ0n) is 26.9. The van der Waals surface area contributed by atoms with Crippen molar-refractivity contribution < 1.29 is 29.1 Å². The van der Waals surface area contributed by atoms with Crippen LogP contribution < -0.4 is 21.5 Å². The molecule has 2 aromatic carbocycles. The number of ether oxygens (including phenoxy) is 2. The van der Waals surface area contributed by atoms with Crippen molar-refractivity contribution in [1.82, 2.24) is 14.5 Å². The van der Waals surface area contributed by atoms with E-state index >= 15 is 0 Å². The van der Waals surface area contributed by atoms with Gasteiger partial charge in [0.1, 0.15) is 30.2 Å². The highest BCUT2D eigenvalue weighted by Crippen LogP contribution is 2.27. The Balaban J connectivity index is 1.57. The summed E-state index contributed by atoms with van der Waals surface area (Å²) >= 11 is 4.44. The van der Waals surface area contributed by atoms with Gasteiger partial charge in [0.05, 0.1) is 22.3 Å². The summed E-state index contributed by atoms with van der Waals surface area (Å²) in [4.78, 5) is 54.4. The zero-order chi connectivity index (χ0) is 34.7. The van der Waals surface area contributed by atoms with Crippen molar-refractivity contribution >= 4 is 42.3 Å². The molecule has 1 aliphatic rings. The Bertz CT molecular complexity index is 1700.